The van der Waals surface area contributed by atoms with Crippen LogP contribution in [0.25, 0.3) is 0 Å². The molecule has 0 radical (unpaired) electrons. The van der Waals surface area contributed by atoms with Crippen molar-refractivity contribution in [1.29, 1.82) is 0 Å². The number of aliphatic hydroxyl groups is 1. The average Bonchev–Trinajstić information content (AvgIpc) is 2.80. The molecule has 0 aromatic heterocycles. The third-order valence-corrected chi connectivity index (χ3v) is 9.33. The molecular formula is C19H30O. The zero-order valence-electron chi connectivity index (χ0n) is 13.4. The summed E-state index contributed by atoms with van der Waals surface area (Å²) in [4.78, 5) is 0. The van der Waals surface area contributed by atoms with Crippen molar-refractivity contribution in [2.75, 3.05) is 0 Å². The summed E-state index contributed by atoms with van der Waals surface area (Å²) in [5.74, 6) is 3.64. The summed E-state index contributed by atoms with van der Waals surface area (Å²) in [6.07, 6.45) is 11.0. The molecule has 1 N–H and O–H groups in total. The summed E-state index contributed by atoms with van der Waals surface area (Å²) in [5, 5.41) is 10.9. The first-order chi connectivity index (χ1) is 9.32. The number of hydrogen-bond donors (Lipinski definition) is 1. The lowest BCUT2D eigenvalue weighted by Gasteiger charge is -2.64. The van der Waals surface area contributed by atoms with E-state index in [0.29, 0.717) is 16.7 Å². The molecule has 6 rings (SSSR count). The maximum absolute atomic E-state index is 10.9. The Morgan fingerprint density at radius 2 is 1.70 bits per heavy atom. The van der Waals surface area contributed by atoms with Crippen molar-refractivity contribution in [3.63, 3.8) is 0 Å². The molecule has 0 saturated heterocycles. The van der Waals surface area contributed by atoms with E-state index in [1.54, 1.807) is 6.42 Å². The highest BCUT2D eigenvalue weighted by molar-refractivity contribution is 5.26. The number of hydrogen-bond acceptors (Lipinski definition) is 1. The van der Waals surface area contributed by atoms with E-state index < -0.39 is 0 Å². The van der Waals surface area contributed by atoms with Crippen LogP contribution >= 0.6 is 0 Å². The van der Waals surface area contributed by atoms with Crippen molar-refractivity contribution in [3.05, 3.63) is 0 Å². The van der Waals surface area contributed by atoms with E-state index in [1.165, 1.54) is 38.5 Å². The monoisotopic (exact) mass is 274 g/mol. The molecular weight excluding hydrogens is 244 g/mol. The van der Waals surface area contributed by atoms with Gasteiger partial charge in [0, 0.05) is 0 Å². The topological polar surface area (TPSA) is 20.2 Å². The van der Waals surface area contributed by atoms with Crippen LogP contribution in [0.1, 0.15) is 72.1 Å². The van der Waals surface area contributed by atoms with Gasteiger partial charge in [-0.05, 0) is 91.8 Å². The van der Waals surface area contributed by atoms with Gasteiger partial charge < -0.3 is 5.11 Å². The molecule has 8 atom stereocenters. The van der Waals surface area contributed by atoms with Crippen LogP contribution in [0.4, 0.5) is 0 Å². The van der Waals surface area contributed by atoms with Crippen LogP contribution in [0.2, 0.25) is 0 Å². The molecule has 6 saturated carbocycles. The molecule has 8 unspecified atom stereocenters. The van der Waals surface area contributed by atoms with Gasteiger partial charge in [-0.15, -0.1) is 0 Å². The van der Waals surface area contributed by atoms with Crippen LogP contribution in [0.15, 0.2) is 0 Å². The van der Waals surface area contributed by atoms with E-state index >= 15 is 0 Å². The fourth-order valence-corrected chi connectivity index (χ4v) is 8.58. The fourth-order valence-electron chi connectivity index (χ4n) is 8.58. The van der Waals surface area contributed by atoms with E-state index in [1.807, 2.05) is 0 Å². The van der Waals surface area contributed by atoms with Gasteiger partial charge in [0.1, 0.15) is 0 Å². The Bertz CT molecular complexity index is 482. The second kappa shape index (κ2) is 3.16. The van der Waals surface area contributed by atoms with Gasteiger partial charge in [0.05, 0.1) is 5.60 Å². The van der Waals surface area contributed by atoms with Gasteiger partial charge in [-0.1, -0.05) is 20.3 Å². The van der Waals surface area contributed by atoms with Gasteiger partial charge in [0.2, 0.25) is 0 Å². The molecule has 1 heteroatoms. The fraction of sp³-hybridized carbons (Fsp3) is 1.00. The van der Waals surface area contributed by atoms with Crippen LogP contribution in [-0.2, 0) is 0 Å². The first-order valence-electron chi connectivity index (χ1n) is 9.04. The van der Waals surface area contributed by atoms with E-state index in [4.69, 9.17) is 0 Å². The Balaban J connectivity index is 1.57. The van der Waals surface area contributed by atoms with Gasteiger partial charge in [-0.3, -0.25) is 0 Å². The van der Waals surface area contributed by atoms with E-state index in [0.717, 1.165) is 29.6 Å². The molecule has 0 aromatic rings. The third kappa shape index (κ3) is 1.15. The minimum Gasteiger partial charge on any atom is -0.390 e. The molecule has 1 nitrogen and oxygen atoms in total. The second-order valence-electron chi connectivity index (χ2n) is 10.1. The maximum atomic E-state index is 10.9. The van der Waals surface area contributed by atoms with Gasteiger partial charge in [0.15, 0.2) is 0 Å². The summed E-state index contributed by atoms with van der Waals surface area (Å²) in [5.41, 5.74) is 1.49. The van der Waals surface area contributed by atoms with Crippen molar-refractivity contribution in [3.8, 4) is 0 Å². The predicted octanol–water partition coefficient (Wildman–Crippen LogP) is 4.39. The predicted molar refractivity (Wildman–Crippen MR) is 80.2 cm³/mol. The minimum atomic E-state index is -0.387. The minimum absolute atomic E-state index is 0.387. The lowest BCUT2D eigenvalue weighted by molar-refractivity contribution is -0.190. The van der Waals surface area contributed by atoms with Gasteiger partial charge in [-0.25, -0.2) is 0 Å². The van der Waals surface area contributed by atoms with E-state index in [9.17, 15) is 5.11 Å². The Morgan fingerprint density at radius 1 is 0.900 bits per heavy atom. The van der Waals surface area contributed by atoms with Crippen LogP contribution in [0, 0.1) is 39.9 Å². The molecule has 6 aliphatic rings. The lowest BCUT2D eigenvalue weighted by Crippen LogP contribution is -2.60. The molecule has 20 heavy (non-hydrogen) atoms. The summed E-state index contributed by atoms with van der Waals surface area (Å²) >= 11 is 0. The molecule has 0 amide bonds. The van der Waals surface area contributed by atoms with E-state index in [-0.39, 0.29) is 5.60 Å². The van der Waals surface area contributed by atoms with Crippen molar-refractivity contribution in [2.45, 2.75) is 77.7 Å². The molecule has 4 bridgehead atoms. The highest BCUT2D eigenvalue weighted by Crippen LogP contribution is 2.85. The molecule has 112 valence electrons. The van der Waals surface area contributed by atoms with Crippen molar-refractivity contribution in [2.24, 2.45) is 39.9 Å². The quantitative estimate of drug-likeness (QED) is 0.694. The summed E-state index contributed by atoms with van der Waals surface area (Å²) in [6, 6.07) is 0. The summed E-state index contributed by atoms with van der Waals surface area (Å²) in [6.45, 7) is 7.29. The van der Waals surface area contributed by atoms with Gasteiger partial charge >= 0.3 is 0 Å². The summed E-state index contributed by atoms with van der Waals surface area (Å²) in [7, 11) is 0. The van der Waals surface area contributed by atoms with Crippen molar-refractivity contribution >= 4 is 0 Å². The van der Waals surface area contributed by atoms with Crippen molar-refractivity contribution < 1.29 is 5.11 Å². The van der Waals surface area contributed by atoms with Crippen molar-refractivity contribution in [1.82, 2.24) is 0 Å². The van der Waals surface area contributed by atoms with Gasteiger partial charge in [0.25, 0.3) is 0 Å². The molecule has 6 fully saturated rings. The zero-order valence-corrected chi connectivity index (χ0v) is 13.4. The lowest BCUT2D eigenvalue weighted by atomic mass is 9.41. The van der Waals surface area contributed by atoms with Crippen LogP contribution < -0.4 is 0 Å². The average molecular weight is 274 g/mol. The van der Waals surface area contributed by atoms with E-state index in [2.05, 4.69) is 20.8 Å². The maximum Gasteiger partial charge on any atom is 0.0653 e. The van der Waals surface area contributed by atoms with Crippen LogP contribution in [0.3, 0.4) is 0 Å². The zero-order chi connectivity index (χ0) is 14.0. The van der Waals surface area contributed by atoms with Crippen LogP contribution in [0.5, 0.6) is 0 Å². The molecule has 1 spiro atoms. The highest BCUT2D eigenvalue weighted by atomic mass is 16.3. The number of rotatable bonds is 0. The Morgan fingerprint density at radius 3 is 2.40 bits per heavy atom. The smallest absolute Gasteiger partial charge is 0.0653 e. The summed E-state index contributed by atoms with van der Waals surface area (Å²) < 4.78 is 0. The Labute approximate surface area is 123 Å². The molecule has 6 aliphatic carbocycles. The normalized spacial score (nSPS) is 70.2. The molecule has 0 aromatic carbocycles. The van der Waals surface area contributed by atoms with Gasteiger partial charge in [-0.2, -0.15) is 0 Å². The molecule has 0 heterocycles. The SMILES string of the molecule is CC1(O)CCCC2(C)C1CCC13CC4C(CC12)C4(C)C3. The standard InChI is InChI=1S/C19H30O/c1-16-6-4-7-18(3,20)14(16)5-8-19-10-13-12(9-15(16)19)17(13,2)11-19/h12-15,20H,4-11H2,1-3H3. The second-order valence-corrected chi connectivity index (χ2v) is 10.1. The first kappa shape index (κ1) is 12.5. The Hall–Kier alpha value is -0.0400. The number of fused-ring (bicyclic) bond motifs is 1. The Kier molecular flexibility index (Phi) is 1.98. The third-order valence-electron chi connectivity index (χ3n) is 9.33. The van der Waals surface area contributed by atoms with Crippen LogP contribution in [-0.4, -0.2) is 10.7 Å². The highest BCUT2D eigenvalue weighted by Gasteiger charge is 2.78. The molecule has 0 aliphatic heterocycles. The first-order valence-corrected chi connectivity index (χ1v) is 9.04. The largest absolute Gasteiger partial charge is 0.390 e.